The van der Waals surface area contributed by atoms with Crippen molar-refractivity contribution in [1.29, 1.82) is 0 Å². The summed E-state index contributed by atoms with van der Waals surface area (Å²) in [5.74, 6) is 2.27. The Bertz CT molecular complexity index is 2060. The number of benzene rings is 4. The molecular weight excluding hydrogens is 534 g/mol. The molecule has 8 rings (SSSR count). The lowest BCUT2D eigenvalue weighted by atomic mass is 9.80. The third kappa shape index (κ3) is 4.19. The van der Waals surface area contributed by atoms with Crippen LogP contribution in [-0.4, -0.2) is 24.9 Å². The quantitative estimate of drug-likeness (QED) is 0.216. The Hall–Kier alpha value is -5.07. The van der Waals surface area contributed by atoms with Gasteiger partial charge in [-0.25, -0.2) is 19.9 Å². The van der Waals surface area contributed by atoms with Gasteiger partial charge in [-0.1, -0.05) is 97.9 Å². The van der Waals surface area contributed by atoms with Crippen LogP contribution in [0.5, 0.6) is 0 Å². The molecule has 200 valence electrons. The van der Waals surface area contributed by atoms with Gasteiger partial charge in [0.25, 0.3) is 0 Å². The van der Waals surface area contributed by atoms with E-state index in [0.29, 0.717) is 11.6 Å². The first-order chi connectivity index (χ1) is 20.7. The van der Waals surface area contributed by atoms with Crippen LogP contribution in [0.1, 0.15) is 29.1 Å². The van der Waals surface area contributed by atoms with Crippen molar-refractivity contribution >= 4 is 38.5 Å². The first-order valence-corrected chi connectivity index (χ1v) is 14.9. The van der Waals surface area contributed by atoms with Crippen LogP contribution in [0.4, 0.5) is 0 Å². The molecule has 7 aromatic rings. The minimum Gasteiger partial charge on any atom is -0.252 e. The minimum absolute atomic E-state index is 0.0544. The maximum absolute atomic E-state index is 5.15. The van der Waals surface area contributed by atoms with Gasteiger partial charge < -0.3 is 0 Å². The van der Waals surface area contributed by atoms with Crippen molar-refractivity contribution in [2.75, 3.05) is 0 Å². The lowest BCUT2D eigenvalue weighted by molar-refractivity contribution is 0.590. The van der Waals surface area contributed by atoms with Gasteiger partial charge in [0.15, 0.2) is 11.6 Å². The van der Waals surface area contributed by atoms with Crippen LogP contribution >= 0.6 is 11.3 Å². The highest BCUT2D eigenvalue weighted by Crippen LogP contribution is 2.48. The number of hydrogen-bond donors (Lipinski definition) is 0. The summed E-state index contributed by atoms with van der Waals surface area (Å²) < 4.78 is 1.22. The zero-order chi connectivity index (χ0) is 28.0. The number of para-hydroxylation sites is 2. The standard InChI is InChI=1S/C36H25N5S/c1-22-19-20-30-33(32-25(15-10-18-29(32)42-30)28-21-37-26-16-8-9-17-27(26)38-28)31(22)36-40-34(23-11-4-2-5-12-23)39-35(41-36)24-13-6-3-7-14-24/h2-22,31H,1H3. The van der Waals surface area contributed by atoms with Crippen LogP contribution in [0.25, 0.3) is 61.2 Å². The van der Waals surface area contributed by atoms with Gasteiger partial charge in [-0.3, -0.25) is 4.98 Å². The molecule has 0 N–H and O–H groups in total. The predicted molar refractivity (Wildman–Crippen MR) is 171 cm³/mol. The van der Waals surface area contributed by atoms with Crippen LogP contribution in [0.15, 0.2) is 115 Å². The molecule has 6 heteroatoms. The Morgan fingerprint density at radius 2 is 1.31 bits per heavy atom. The van der Waals surface area contributed by atoms with Gasteiger partial charge in [-0.05, 0) is 35.8 Å². The minimum atomic E-state index is -0.0544. The van der Waals surface area contributed by atoms with Crippen molar-refractivity contribution in [1.82, 2.24) is 24.9 Å². The third-order valence-electron chi connectivity index (χ3n) is 7.89. The second-order valence-electron chi connectivity index (χ2n) is 10.6. The Morgan fingerprint density at radius 1 is 0.643 bits per heavy atom. The molecule has 0 saturated carbocycles. The van der Waals surface area contributed by atoms with Gasteiger partial charge >= 0.3 is 0 Å². The van der Waals surface area contributed by atoms with Crippen LogP contribution in [0, 0.1) is 5.92 Å². The van der Waals surface area contributed by atoms with Crippen molar-refractivity contribution in [3.8, 4) is 34.0 Å². The molecule has 42 heavy (non-hydrogen) atoms. The number of allylic oxidation sites excluding steroid dienone is 1. The molecule has 2 atom stereocenters. The zero-order valence-corrected chi connectivity index (χ0v) is 23.7. The molecule has 0 radical (unpaired) electrons. The molecule has 3 aromatic heterocycles. The van der Waals surface area contributed by atoms with Crippen LogP contribution in [0.2, 0.25) is 0 Å². The van der Waals surface area contributed by atoms with E-state index in [0.717, 1.165) is 39.2 Å². The summed E-state index contributed by atoms with van der Waals surface area (Å²) >= 11 is 1.81. The van der Waals surface area contributed by atoms with Gasteiger partial charge in [0.1, 0.15) is 5.82 Å². The summed E-state index contributed by atoms with van der Waals surface area (Å²) in [6.45, 7) is 2.25. The van der Waals surface area contributed by atoms with Crippen LogP contribution in [-0.2, 0) is 0 Å². The fourth-order valence-corrected chi connectivity index (χ4v) is 7.06. The predicted octanol–water partition coefficient (Wildman–Crippen LogP) is 8.83. The van der Waals surface area contributed by atoms with Gasteiger partial charge in [0, 0.05) is 31.7 Å². The van der Waals surface area contributed by atoms with Crippen molar-refractivity contribution in [2.24, 2.45) is 5.92 Å². The second kappa shape index (κ2) is 10.1. The number of thiophene rings is 1. The molecule has 3 heterocycles. The SMILES string of the molecule is CC1C=Cc2sc3cccc(-c4cnc5ccccc5n4)c3c2C1c1nc(-c2ccccc2)nc(-c2ccccc2)n1. The normalized spacial score (nSPS) is 16.1. The molecule has 0 spiro atoms. The average molecular weight is 560 g/mol. The molecule has 0 aliphatic heterocycles. The fourth-order valence-electron chi connectivity index (χ4n) is 5.87. The summed E-state index contributed by atoms with van der Waals surface area (Å²) in [4.78, 5) is 26.2. The maximum Gasteiger partial charge on any atom is 0.163 e. The molecule has 2 unspecified atom stereocenters. The summed E-state index contributed by atoms with van der Waals surface area (Å²) in [6.07, 6.45) is 6.43. The van der Waals surface area contributed by atoms with Gasteiger partial charge in [-0.15, -0.1) is 11.3 Å². The topological polar surface area (TPSA) is 64.5 Å². The van der Waals surface area contributed by atoms with E-state index in [2.05, 4.69) is 61.5 Å². The lowest BCUT2D eigenvalue weighted by Gasteiger charge is -2.26. The van der Waals surface area contributed by atoms with Gasteiger partial charge in [-0.2, -0.15) is 0 Å². The summed E-state index contributed by atoms with van der Waals surface area (Å²) in [5, 5.41) is 1.20. The van der Waals surface area contributed by atoms with E-state index in [1.807, 2.05) is 78.2 Å². The van der Waals surface area contributed by atoms with E-state index in [1.54, 1.807) is 0 Å². The summed E-state index contributed by atoms with van der Waals surface area (Å²) in [6, 6.07) is 34.8. The van der Waals surface area contributed by atoms with E-state index in [4.69, 9.17) is 24.9 Å². The zero-order valence-electron chi connectivity index (χ0n) is 22.8. The second-order valence-corrected chi connectivity index (χ2v) is 11.7. The van der Waals surface area contributed by atoms with E-state index < -0.39 is 0 Å². The highest BCUT2D eigenvalue weighted by molar-refractivity contribution is 7.20. The van der Waals surface area contributed by atoms with Crippen LogP contribution in [0.3, 0.4) is 0 Å². The Labute approximate surface area is 247 Å². The van der Waals surface area contributed by atoms with Gasteiger partial charge in [0.2, 0.25) is 0 Å². The number of hydrogen-bond acceptors (Lipinski definition) is 6. The van der Waals surface area contributed by atoms with E-state index in [-0.39, 0.29) is 11.8 Å². The van der Waals surface area contributed by atoms with Crippen LogP contribution < -0.4 is 0 Å². The highest BCUT2D eigenvalue weighted by Gasteiger charge is 2.33. The van der Waals surface area contributed by atoms with E-state index >= 15 is 0 Å². The molecule has 0 fully saturated rings. The molecular formula is C36H25N5S. The largest absolute Gasteiger partial charge is 0.252 e. The fraction of sp³-hybridized carbons (Fsp3) is 0.0833. The molecule has 4 aromatic carbocycles. The van der Waals surface area contributed by atoms with Gasteiger partial charge in [0.05, 0.1) is 28.8 Å². The smallest absolute Gasteiger partial charge is 0.163 e. The van der Waals surface area contributed by atoms with Crippen molar-refractivity contribution < 1.29 is 0 Å². The Balaban J connectivity index is 1.37. The first kappa shape index (κ1) is 24.7. The molecule has 0 saturated heterocycles. The maximum atomic E-state index is 5.15. The molecule has 1 aliphatic rings. The number of nitrogens with zero attached hydrogens (tertiary/aromatic N) is 5. The van der Waals surface area contributed by atoms with E-state index in [9.17, 15) is 0 Å². The number of rotatable bonds is 4. The van der Waals surface area contributed by atoms with Crippen molar-refractivity contribution in [3.63, 3.8) is 0 Å². The number of fused-ring (bicyclic) bond motifs is 4. The molecule has 1 aliphatic carbocycles. The molecule has 5 nitrogen and oxygen atoms in total. The third-order valence-corrected chi connectivity index (χ3v) is 9.02. The monoisotopic (exact) mass is 559 g/mol. The molecule has 0 bridgehead atoms. The Kier molecular flexibility index (Phi) is 5.93. The lowest BCUT2D eigenvalue weighted by Crippen LogP contribution is -2.18. The van der Waals surface area contributed by atoms with E-state index in [1.165, 1.54) is 20.5 Å². The first-order valence-electron chi connectivity index (χ1n) is 14.1. The summed E-state index contributed by atoms with van der Waals surface area (Å²) in [5.41, 5.74) is 6.92. The average Bonchev–Trinajstić information content (AvgIpc) is 3.44. The number of aromatic nitrogens is 5. The van der Waals surface area contributed by atoms with Crippen molar-refractivity contribution in [2.45, 2.75) is 12.8 Å². The van der Waals surface area contributed by atoms with Crippen molar-refractivity contribution in [3.05, 3.63) is 132 Å². The highest BCUT2D eigenvalue weighted by atomic mass is 32.1. The Morgan fingerprint density at radius 3 is 2.02 bits per heavy atom. The molecule has 0 amide bonds. The summed E-state index contributed by atoms with van der Waals surface area (Å²) in [7, 11) is 0.